The zero-order valence-electron chi connectivity index (χ0n) is 7.24. The van der Waals surface area contributed by atoms with Gasteiger partial charge in [-0.05, 0) is 26.0 Å². The Morgan fingerprint density at radius 1 is 1.23 bits per heavy atom. The number of hydrogen-bond acceptors (Lipinski definition) is 1. The Morgan fingerprint density at radius 3 is 1.92 bits per heavy atom. The molecule has 1 aromatic carbocycles. The summed E-state index contributed by atoms with van der Waals surface area (Å²) in [6.45, 7) is 2.62. The van der Waals surface area contributed by atoms with Crippen LogP contribution < -0.4 is 0 Å². The van der Waals surface area contributed by atoms with E-state index in [1.54, 1.807) is 0 Å². The molecular formula is C9H9ClF2O. The van der Waals surface area contributed by atoms with Gasteiger partial charge in [0.2, 0.25) is 0 Å². The minimum absolute atomic E-state index is 0.0250. The van der Waals surface area contributed by atoms with Crippen molar-refractivity contribution >= 4 is 11.6 Å². The molecule has 0 bridgehead atoms. The van der Waals surface area contributed by atoms with Crippen molar-refractivity contribution in [3.63, 3.8) is 0 Å². The lowest BCUT2D eigenvalue weighted by Crippen LogP contribution is -2.19. The van der Waals surface area contributed by atoms with Crippen molar-refractivity contribution in [2.24, 2.45) is 0 Å². The number of aliphatic hydroxyl groups is 1. The molecule has 0 aliphatic rings. The molecule has 0 fully saturated rings. The molecule has 0 aromatic heterocycles. The standard InChI is InChI=1S/C9H9ClF2O/c1-9(2,13)8-6(11)3-5(10)4-7(8)12/h3-4,13H,1-2H3. The molecule has 4 heteroatoms. The third-order valence-corrected chi connectivity index (χ3v) is 1.84. The van der Waals surface area contributed by atoms with E-state index in [0.29, 0.717) is 0 Å². The van der Waals surface area contributed by atoms with Gasteiger partial charge in [-0.25, -0.2) is 8.78 Å². The van der Waals surface area contributed by atoms with E-state index in [1.165, 1.54) is 13.8 Å². The zero-order chi connectivity index (χ0) is 10.2. The second kappa shape index (κ2) is 3.24. The molecule has 13 heavy (non-hydrogen) atoms. The lowest BCUT2D eigenvalue weighted by molar-refractivity contribution is 0.0702. The highest BCUT2D eigenvalue weighted by molar-refractivity contribution is 6.30. The van der Waals surface area contributed by atoms with Crippen LogP contribution in [0.3, 0.4) is 0 Å². The third kappa shape index (κ3) is 2.17. The van der Waals surface area contributed by atoms with E-state index in [9.17, 15) is 13.9 Å². The van der Waals surface area contributed by atoms with Crippen molar-refractivity contribution in [1.29, 1.82) is 0 Å². The van der Waals surface area contributed by atoms with Gasteiger partial charge >= 0.3 is 0 Å². The van der Waals surface area contributed by atoms with E-state index in [1.807, 2.05) is 0 Å². The summed E-state index contributed by atoms with van der Waals surface area (Å²) < 4.78 is 26.2. The van der Waals surface area contributed by atoms with E-state index in [2.05, 4.69) is 0 Å². The summed E-state index contributed by atoms with van der Waals surface area (Å²) in [5.74, 6) is -1.67. The van der Waals surface area contributed by atoms with Gasteiger partial charge in [-0.1, -0.05) is 11.6 Å². The Labute approximate surface area is 80.0 Å². The van der Waals surface area contributed by atoms with Gasteiger partial charge in [-0.2, -0.15) is 0 Å². The van der Waals surface area contributed by atoms with Crippen molar-refractivity contribution in [1.82, 2.24) is 0 Å². The van der Waals surface area contributed by atoms with Gasteiger partial charge in [-0.15, -0.1) is 0 Å². The molecule has 0 saturated carbocycles. The minimum Gasteiger partial charge on any atom is -0.386 e. The van der Waals surface area contributed by atoms with E-state index in [4.69, 9.17) is 11.6 Å². The van der Waals surface area contributed by atoms with Crippen molar-refractivity contribution in [2.45, 2.75) is 19.4 Å². The molecule has 1 rings (SSSR count). The molecule has 0 atom stereocenters. The first-order chi connectivity index (χ1) is 5.82. The highest BCUT2D eigenvalue weighted by Gasteiger charge is 2.25. The quantitative estimate of drug-likeness (QED) is 0.749. The SMILES string of the molecule is CC(C)(O)c1c(F)cc(Cl)cc1F. The van der Waals surface area contributed by atoms with Crippen LogP contribution in [0.2, 0.25) is 5.02 Å². The van der Waals surface area contributed by atoms with E-state index in [-0.39, 0.29) is 10.6 Å². The Kier molecular flexibility index (Phi) is 2.59. The molecule has 0 unspecified atom stereocenters. The Hall–Kier alpha value is -0.670. The molecule has 1 aromatic rings. The van der Waals surface area contributed by atoms with Gasteiger partial charge in [0.15, 0.2) is 0 Å². The first-order valence-corrected chi connectivity index (χ1v) is 4.07. The van der Waals surface area contributed by atoms with Crippen LogP contribution in [0.15, 0.2) is 12.1 Å². The predicted molar refractivity (Wildman–Crippen MR) is 46.6 cm³/mol. The molecule has 1 N–H and O–H groups in total. The topological polar surface area (TPSA) is 20.2 Å². The number of halogens is 3. The van der Waals surface area contributed by atoms with Crippen LogP contribution in [0.25, 0.3) is 0 Å². The second-order valence-electron chi connectivity index (χ2n) is 3.30. The Balaban J connectivity index is 3.38. The maximum atomic E-state index is 13.1. The lowest BCUT2D eigenvalue weighted by atomic mass is 9.97. The van der Waals surface area contributed by atoms with Gasteiger partial charge in [0.05, 0.1) is 11.2 Å². The summed E-state index contributed by atoms with van der Waals surface area (Å²) in [6, 6.07) is 1.94. The molecule has 0 spiro atoms. The fourth-order valence-electron chi connectivity index (χ4n) is 1.13. The highest BCUT2D eigenvalue weighted by atomic mass is 35.5. The molecule has 0 aliphatic carbocycles. The van der Waals surface area contributed by atoms with Crippen molar-refractivity contribution in [2.75, 3.05) is 0 Å². The molecule has 0 amide bonds. The fraction of sp³-hybridized carbons (Fsp3) is 0.333. The van der Waals surface area contributed by atoms with Gasteiger partial charge < -0.3 is 5.11 Å². The highest BCUT2D eigenvalue weighted by Crippen LogP contribution is 2.28. The molecule has 0 saturated heterocycles. The largest absolute Gasteiger partial charge is 0.386 e. The second-order valence-corrected chi connectivity index (χ2v) is 3.74. The molecule has 0 radical (unpaired) electrons. The third-order valence-electron chi connectivity index (χ3n) is 1.62. The van der Waals surface area contributed by atoms with Crippen LogP contribution in [0, 0.1) is 11.6 Å². The monoisotopic (exact) mass is 206 g/mol. The minimum atomic E-state index is -1.54. The van der Waals surface area contributed by atoms with Gasteiger partial charge in [0, 0.05) is 5.02 Å². The predicted octanol–water partition coefficient (Wildman–Crippen LogP) is 2.85. The van der Waals surface area contributed by atoms with E-state index >= 15 is 0 Å². The average Bonchev–Trinajstić information content (AvgIpc) is 1.78. The summed E-state index contributed by atoms with van der Waals surface area (Å²) in [6.07, 6.45) is 0. The average molecular weight is 207 g/mol. The summed E-state index contributed by atoms with van der Waals surface area (Å²) in [5.41, 5.74) is -1.91. The van der Waals surface area contributed by atoms with Crippen molar-refractivity contribution in [3.05, 3.63) is 34.4 Å². The smallest absolute Gasteiger partial charge is 0.133 e. The first kappa shape index (κ1) is 10.4. The van der Waals surface area contributed by atoms with Gasteiger partial charge in [0.25, 0.3) is 0 Å². The van der Waals surface area contributed by atoms with Crippen LogP contribution in [-0.4, -0.2) is 5.11 Å². The molecule has 1 nitrogen and oxygen atoms in total. The summed E-state index contributed by atoms with van der Waals surface area (Å²) in [7, 11) is 0. The molecule has 0 heterocycles. The summed E-state index contributed by atoms with van der Waals surface area (Å²) >= 11 is 5.41. The van der Waals surface area contributed by atoms with E-state index in [0.717, 1.165) is 12.1 Å². The normalized spacial score (nSPS) is 11.8. The van der Waals surface area contributed by atoms with Crippen LogP contribution in [0.4, 0.5) is 8.78 Å². The summed E-state index contributed by atoms with van der Waals surface area (Å²) in [5, 5.41) is 9.39. The molecule has 72 valence electrons. The van der Waals surface area contributed by atoms with Crippen LogP contribution in [0.1, 0.15) is 19.4 Å². The number of rotatable bonds is 1. The van der Waals surface area contributed by atoms with Crippen molar-refractivity contribution < 1.29 is 13.9 Å². The number of hydrogen-bond donors (Lipinski definition) is 1. The fourth-order valence-corrected chi connectivity index (χ4v) is 1.32. The zero-order valence-corrected chi connectivity index (χ0v) is 7.99. The Morgan fingerprint density at radius 2 is 1.62 bits per heavy atom. The van der Waals surface area contributed by atoms with Crippen LogP contribution in [0.5, 0.6) is 0 Å². The maximum absolute atomic E-state index is 13.1. The maximum Gasteiger partial charge on any atom is 0.133 e. The lowest BCUT2D eigenvalue weighted by Gasteiger charge is -2.19. The molecule has 0 aliphatic heterocycles. The van der Waals surface area contributed by atoms with Crippen LogP contribution >= 0.6 is 11.6 Å². The van der Waals surface area contributed by atoms with E-state index < -0.39 is 17.2 Å². The summed E-state index contributed by atoms with van der Waals surface area (Å²) in [4.78, 5) is 0. The van der Waals surface area contributed by atoms with Crippen LogP contribution in [-0.2, 0) is 5.60 Å². The Bertz CT molecular complexity index is 308. The first-order valence-electron chi connectivity index (χ1n) is 3.70. The van der Waals surface area contributed by atoms with Gasteiger partial charge in [0.1, 0.15) is 11.6 Å². The van der Waals surface area contributed by atoms with Crippen molar-refractivity contribution in [3.8, 4) is 0 Å². The number of benzene rings is 1. The molecular weight excluding hydrogens is 198 g/mol. The van der Waals surface area contributed by atoms with Gasteiger partial charge in [-0.3, -0.25) is 0 Å².